The fourth-order valence-corrected chi connectivity index (χ4v) is 6.15. The van der Waals surface area contributed by atoms with Crippen LogP contribution < -0.4 is 4.90 Å². The Kier molecular flexibility index (Phi) is 14.8. The number of rotatable bonds is 15. The molecule has 0 aromatic heterocycles. The lowest BCUT2D eigenvalue weighted by Gasteiger charge is -2.35. The van der Waals surface area contributed by atoms with Crippen LogP contribution in [0.5, 0.6) is 0 Å². The van der Waals surface area contributed by atoms with Crippen molar-refractivity contribution < 1.29 is 4.74 Å². The predicted molar refractivity (Wildman–Crippen MR) is 193 cm³/mol. The molecule has 0 radical (unpaired) electrons. The molecule has 0 atom stereocenters. The number of benzene rings is 2. The van der Waals surface area contributed by atoms with Gasteiger partial charge in [0, 0.05) is 36.8 Å². The molecule has 2 heterocycles. The number of hydrogen-bond acceptors (Lipinski definition) is 5. The number of allylic oxidation sites excluding steroid dienone is 4. The first-order chi connectivity index (χ1) is 21.6. The van der Waals surface area contributed by atoms with Crippen molar-refractivity contribution in [1.29, 1.82) is 0 Å². The molecule has 2 aliphatic heterocycles. The monoisotopic (exact) mass is 634 g/mol. The highest BCUT2D eigenvalue weighted by Crippen LogP contribution is 2.42. The van der Waals surface area contributed by atoms with Crippen molar-refractivity contribution in [1.82, 2.24) is 9.80 Å². The van der Waals surface area contributed by atoms with Gasteiger partial charge < -0.3 is 14.5 Å². The summed E-state index contributed by atoms with van der Waals surface area (Å²) in [5.41, 5.74) is 3.76. The summed E-state index contributed by atoms with van der Waals surface area (Å²) >= 11 is 12.4. The molecule has 0 N–H and O–H groups in total. The van der Waals surface area contributed by atoms with Crippen LogP contribution in [-0.2, 0) is 4.74 Å². The van der Waals surface area contributed by atoms with Gasteiger partial charge in [-0.15, -0.1) is 0 Å². The third-order valence-electron chi connectivity index (χ3n) is 8.35. The van der Waals surface area contributed by atoms with Crippen LogP contribution in [-0.4, -0.2) is 60.6 Å². The third-order valence-corrected chi connectivity index (χ3v) is 8.88. The summed E-state index contributed by atoms with van der Waals surface area (Å²) in [6, 6.07) is 14.2. The normalized spacial score (nSPS) is 15.4. The van der Waals surface area contributed by atoms with Gasteiger partial charge in [0.2, 0.25) is 0 Å². The maximum absolute atomic E-state index is 6.46. The fraction of sp³-hybridized carbons (Fsp3) is 0.514. The highest BCUT2D eigenvalue weighted by molar-refractivity contribution is 7.80. The largest absolute Gasteiger partial charge is 0.470 e. The van der Waals surface area contributed by atoms with E-state index in [0.717, 1.165) is 73.9 Å². The van der Waals surface area contributed by atoms with Gasteiger partial charge in [-0.05, 0) is 88.1 Å². The quantitative estimate of drug-likeness (QED) is 0.111. The number of anilines is 2. The lowest BCUT2D eigenvalue weighted by molar-refractivity contribution is 0.216. The first-order valence-corrected chi connectivity index (χ1v) is 17.5. The fourth-order valence-electron chi connectivity index (χ4n) is 5.71. The zero-order valence-corrected chi connectivity index (χ0v) is 28.4. The molecule has 0 unspecified atom stereocenters. The number of hydrogen-bond donors (Lipinski definition) is 0. The number of fused-ring (bicyclic) bond motifs is 2. The smallest absolute Gasteiger partial charge is 0.268 e. The number of piperazine rings is 1. The minimum Gasteiger partial charge on any atom is -0.470 e. The van der Waals surface area contributed by atoms with Crippen LogP contribution in [0, 0.1) is 0 Å². The Morgan fingerprint density at radius 1 is 0.841 bits per heavy atom. The highest BCUT2D eigenvalue weighted by Gasteiger charge is 2.30. The first kappa shape index (κ1) is 34.2. The van der Waals surface area contributed by atoms with Gasteiger partial charge in [0.1, 0.15) is 5.84 Å². The van der Waals surface area contributed by atoms with Crippen molar-refractivity contribution in [3.05, 3.63) is 77.4 Å². The standard InChI is InChI=1S/C37H51ClN4OS/c1-3-4-5-6-7-8-9-10-11-12-13-14-15-16-17-20-29-43-37(44)42-34-22-19-18-21-32(34)36(41-27-25-40(2)26-28-41)39-33-30-31(38)23-24-35(33)42/h7-8,10-11,18-19,21-24,30H,3-6,9,12-17,20,25-29H2,1-2H3/b8-7-,11-10-. The van der Waals surface area contributed by atoms with Crippen LogP contribution in [0.4, 0.5) is 17.1 Å². The molecule has 7 heteroatoms. The molecule has 238 valence electrons. The molecule has 2 aliphatic rings. The summed E-state index contributed by atoms with van der Waals surface area (Å²) in [5.74, 6) is 0.965. The number of aliphatic imine (C=N–C) groups is 1. The summed E-state index contributed by atoms with van der Waals surface area (Å²) in [6.45, 7) is 6.72. The number of amidine groups is 1. The van der Waals surface area contributed by atoms with Crippen molar-refractivity contribution in [2.75, 3.05) is 44.7 Å². The molecule has 5 nitrogen and oxygen atoms in total. The third kappa shape index (κ3) is 10.5. The topological polar surface area (TPSA) is 31.3 Å². The minimum atomic E-state index is 0.457. The molecule has 0 aliphatic carbocycles. The van der Waals surface area contributed by atoms with Crippen molar-refractivity contribution in [3.63, 3.8) is 0 Å². The molecule has 4 rings (SSSR count). The highest BCUT2D eigenvalue weighted by atomic mass is 35.5. The second-order valence-electron chi connectivity index (χ2n) is 11.9. The molecule has 0 bridgehead atoms. The molecule has 1 fully saturated rings. The van der Waals surface area contributed by atoms with Gasteiger partial charge in [-0.2, -0.15) is 0 Å². The van der Waals surface area contributed by atoms with Crippen molar-refractivity contribution in [2.45, 2.75) is 84.0 Å². The van der Waals surface area contributed by atoms with Gasteiger partial charge in [-0.3, -0.25) is 4.90 Å². The average Bonchev–Trinajstić information content (AvgIpc) is 3.17. The number of para-hydroxylation sites is 1. The van der Waals surface area contributed by atoms with Gasteiger partial charge in [0.05, 0.1) is 23.7 Å². The van der Waals surface area contributed by atoms with E-state index in [2.05, 4.69) is 72.3 Å². The molecule has 0 amide bonds. The van der Waals surface area contributed by atoms with E-state index in [4.69, 9.17) is 33.5 Å². The Hall–Kier alpha value is -2.67. The van der Waals surface area contributed by atoms with Crippen molar-refractivity contribution >= 4 is 51.9 Å². The van der Waals surface area contributed by atoms with Crippen molar-refractivity contribution in [2.24, 2.45) is 4.99 Å². The molecule has 2 aromatic carbocycles. The van der Waals surface area contributed by atoms with Crippen LogP contribution in [0.15, 0.2) is 71.8 Å². The number of ether oxygens (including phenoxy) is 1. The number of halogens is 1. The van der Waals surface area contributed by atoms with Crippen LogP contribution in [0.2, 0.25) is 5.02 Å². The van der Waals surface area contributed by atoms with E-state index in [0.29, 0.717) is 16.8 Å². The van der Waals surface area contributed by atoms with E-state index in [-0.39, 0.29) is 0 Å². The number of thiocarbonyl (C=S) groups is 1. The van der Waals surface area contributed by atoms with Gasteiger partial charge in [0.15, 0.2) is 0 Å². The van der Waals surface area contributed by atoms with Gasteiger partial charge >= 0.3 is 0 Å². The number of likely N-dealkylation sites (N-methyl/N-ethyl adjacent to an activating group) is 1. The molecular formula is C37H51ClN4OS. The summed E-state index contributed by atoms with van der Waals surface area (Å²) in [6.07, 6.45) is 23.9. The van der Waals surface area contributed by atoms with Crippen molar-refractivity contribution in [3.8, 4) is 0 Å². The number of unbranched alkanes of at least 4 members (excludes halogenated alkanes) is 9. The van der Waals surface area contributed by atoms with E-state index in [9.17, 15) is 0 Å². The number of nitrogens with zero attached hydrogens (tertiary/aromatic N) is 4. The Bertz CT molecular complexity index is 1270. The van der Waals surface area contributed by atoms with Crippen LogP contribution >= 0.6 is 23.8 Å². The van der Waals surface area contributed by atoms with E-state index in [1.54, 1.807) is 0 Å². The Balaban J connectivity index is 1.24. The maximum Gasteiger partial charge on any atom is 0.268 e. The molecule has 44 heavy (non-hydrogen) atoms. The Morgan fingerprint density at radius 3 is 2.27 bits per heavy atom. The predicted octanol–water partition coefficient (Wildman–Crippen LogP) is 10.2. The SMILES string of the molecule is CCCCC/C=C\C/C=C\CCCCCCCCOC(=S)N1c2ccc(Cl)cc2N=C(N2CCN(C)CC2)c2ccccc21. The minimum absolute atomic E-state index is 0.457. The Morgan fingerprint density at radius 2 is 1.52 bits per heavy atom. The van der Waals surface area contributed by atoms with Crippen LogP contribution in [0.1, 0.15) is 89.5 Å². The molecule has 0 spiro atoms. The van der Waals surface area contributed by atoms with Crippen LogP contribution in [0.3, 0.4) is 0 Å². The van der Waals surface area contributed by atoms with E-state index >= 15 is 0 Å². The second kappa shape index (κ2) is 19.0. The molecular weight excluding hydrogens is 584 g/mol. The summed E-state index contributed by atoms with van der Waals surface area (Å²) in [4.78, 5) is 12.0. The van der Waals surface area contributed by atoms with Crippen LogP contribution in [0.25, 0.3) is 0 Å². The molecule has 0 saturated carbocycles. The summed E-state index contributed by atoms with van der Waals surface area (Å²) < 4.78 is 6.23. The summed E-state index contributed by atoms with van der Waals surface area (Å²) in [5, 5.41) is 1.11. The zero-order chi connectivity index (χ0) is 31.0. The second-order valence-corrected chi connectivity index (χ2v) is 12.7. The van der Waals surface area contributed by atoms with Gasteiger partial charge in [-0.25, -0.2) is 4.99 Å². The van der Waals surface area contributed by atoms with E-state index in [1.807, 2.05) is 23.1 Å². The first-order valence-electron chi connectivity index (χ1n) is 16.8. The average molecular weight is 635 g/mol. The maximum atomic E-state index is 6.46. The van der Waals surface area contributed by atoms with E-state index in [1.165, 1.54) is 57.8 Å². The lowest BCUT2D eigenvalue weighted by atomic mass is 10.1. The Labute approximate surface area is 276 Å². The van der Waals surface area contributed by atoms with Gasteiger partial charge in [-0.1, -0.05) is 93.5 Å². The molecule has 2 aromatic rings. The summed E-state index contributed by atoms with van der Waals surface area (Å²) in [7, 11) is 2.17. The lowest BCUT2D eigenvalue weighted by Crippen LogP contribution is -2.47. The molecule has 1 saturated heterocycles. The zero-order valence-electron chi connectivity index (χ0n) is 26.9. The van der Waals surface area contributed by atoms with E-state index < -0.39 is 0 Å². The van der Waals surface area contributed by atoms with Gasteiger partial charge in [0.25, 0.3) is 5.17 Å².